The van der Waals surface area contributed by atoms with Crippen LogP contribution in [0.15, 0.2) is 36.5 Å². The van der Waals surface area contributed by atoms with Crippen molar-refractivity contribution in [2.45, 2.75) is 34.6 Å². The average molecular weight is 212 g/mol. The van der Waals surface area contributed by atoms with Crippen molar-refractivity contribution < 1.29 is 9.53 Å². The summed E-state index contributed by atoms with van der Waals surface area (Å²) in [5.74, 6) is -0.328. The topological polar surface area (TPSA) is 26.3 Å². The molecule has 0 atom stereocenters. The molecule has 0 saturated heterocycles. The molecule has 0 N–H and O–H groups in total. The minimum Gasteiger partial charge on any atom is -0.465 e. The third kappa shape index (κ3) is 12.7. The highest BCUT2D eigenvalue weighted by Crippen LogP contribution is 1.98. The number of carbonyl (C=O) groups excluding carboxylic acids is 1. The van der Waals surface area contributed by atoms with Crippen molar-refractivity contribution in [3.63, 3.8) is 0 Å². The lowest BCUT2D eigenvalue weighted by Gasteiger charge is -1.96. The molecule has 0 aliphatic carbocycles. The molecular weight excluding hydrogens is 188 g/mol. The van der Waals surface area contributed by atoms with Crippen molar-refractivity contribution in [3.05, 3.63) is 36.5 Å². The van der Waals surface area contributed by atoms with Crippen molar-refractivity contribution in [1.82, 2.24) is 0 Å². The molecule has 88 valence electrons. The van der Waals surface area contributed by atoms with Gasteiger partial charge in [-0.1, -0.05) is 52.5 Å². The fourth-order valence-corrected chi connectivity index (χ4v) is 0.572. The van der Waals surface area contributed by atoms with Crippen LogP contribution in [0.1, 0.15) is 34.6 Å². The number of ether oxygens (including phenoxy) is 1. The second-order valence-electron chi connectivity index (χ2n) is 1.83. The average Bonchev–Trinajstić information content (AvgIpc) is 2.34. The molecule has 0 saturated carbocycles. The van der Waals surface area contributed by atoms with Gasteiger partial charge in [0.1, 0.15) is 0 Å². The van der Waals surface area contributed by atoms with Gasteiger partial charge in [-0.15, -0.1) is 0 Å². The predicted octanol–water partition coefficient (Wildman–Crippen LogP) is 3.90. The molecule has 0 radical (unpaired) electrons. The van der Waals surface area contributed by atoms with E-state index in [4.69, 9.17) is 0 Å². The van der Waals surface area contributed by atoms with Gasteiger partial charge >= 0.3 is 5.97 Å². The number of allylic oxidation sites excluding steroid dienone is 3. The van der Waals surface area contributed by atoms with Gasteiger partial charge in [0.25, 0.3) is 0 Å². The van der Waals surface area contributed by atoms with Crippen molar-refractivity contribution in [2.24, 2.45) is 0 Å². The Bertz CT molecular complexity index is 201. The quantitative estimate of drug-likeness (QED) is 0.403. The number of esters is 1. The number of hydrogen-bond donors (Lipinski definition) is 0. The largest absolute Gasteiger partial charge is 0.465 e. The molecule has 2 nitrogen and oxygen atoms in total. The molecule has 0 aromatic carbocycles. The number of carbonyl (C=O) groups is 1. The van der Waals surface area contributed by atoms with E-state index in [9.17, 15) is 4.79 Å². The molecule has 0 spiro atoms. The minimum atomic E-state index is -0.328. The molecule has 0 bridgehead atoms. The molecule has 0 amide bonds. The molecule has 15 heavy (non-hydrogen) atoms. The lowest BCUT2D eigenvalue weighted by molar-refractivity contribution is -0.135. The van der Waals surface area contributed by atoms with Gasteiger partial charge in [-0.2, -0.15) is 0 Å². The molecule has 0 unspecified atom stereocenters. The second kappa shape index (κ2) is 18.5. The monoisotopic (exact) mass is 212 g/mol. The van der Waals surface area contributed by atoms with E-state index in [1.54, 1.807) is 31.2 Å². The number of methoxy groups -OCH3 is 1. The van der Waals surface area contributed by atoms with Gasteiger partial charge < -0.3 is 4.74 Å². The molecular formula is C13H24O2. The van der Waals surface area contributed by atoms with E-state index >= 15 is 0 Å². The first-order valence-electron chi connectivity index (χ1n) is 5.30. The van der Waals surface area contributed by atoms with Crippen LogP contribution < -0.4 is 0 Å². The van der Waals surface area contributed by atoms with Gasteiger partial charge in [-0.3, -0.25) is 0 Å². The Kier molecular flexibility index (Phi) is 23.8. The van der Waals surface area contributed by atoms with Crippen LogP contribution in [0.2, 0.25) is 0 Å². The third-order valence-electron chi connectivity index (χ3n) is 1.14. The Hall–Kier alpha value is -1.31. The van der Waals surface area contributed by atoms with E-state index in [1.165, 1.54) is 7.11 Å². The summed E-state index contributed by atoms with van der Waals surface area (Å²) in [4.78, 5) is 10.9. The van der Waals surface area contributed by atoms with Crippen LogP contribution in [0.5, 0.6) is 0 Å². The highest BCUT2D eigenvalue weighted by Gasteiger charge is 2.01. The highest BCUT2D eigenvalue weighted by atomic mass is 16.5. The van der Waals surface area contributed by atoms with Crippen LogP contribution >= 0.6 is 0 Å². The van der Waals surface area contributed by atoms with Crippen molar-refractivity contribution in [3.8, 4) is 0 Å². The Labute approximate surface area is 94.3 Å². The normalized spacial score (nSPS) is 9.33. The molecule has 0 aliphatic rings. The van der Waals surface area contributed by atoms with Gasteiger partial charge in [0.2, 0.25) is 0 Å². The lowest BCUT2D eigenvalue weighted by Crippen LogP contribution is -2.01. The molecule has 2 heteroatoms. The fourth-order valence-electron chi connectivity index (χ4n) is 0.572. The van der Waals surface area contributed by atoms with E-state index < -0.39 is 0 Å². The van der Waals surface area contributed by atoms with Crippen molar-refractivity contribution in [2.75, 3.05) is 7.11 Å². The summed E-state index contributed by atoms with van der Waals surface area (Å²) in [6.45, 7) is 13.3. The first kappa shape index (κ1) is 19.3. The van der Waals surface area contributed by atoms with E-state index in [2.05, 4.69) is 11.3 Å². The van der Waals surface area contributed by atoms with Crippen LogP contribution in [-0.2, 0) is 9.53 Å². The van der Waals surface area contributed by atoms with Gasteiger partial charge in [0, 0.05) is 0 Å². The molecule has 0 rings (SSSR count). The van der Waals surface area contributed by atoms with Crippen LogP contribution in [0, 0.1) is 0 Å². The second-order valence-corrected chi connectivity index (χ2v) is 1.83. The SMILES string of the molecule is C=C/C=C\C(=C/C)C(=O)OC.CC.CC. The first-order valence-corrected chi connectivity index (χ1v) is 5.30. The van der Waals surface area contributed by atoms with Crippen LogP contribution in [-0.4, -0.2) is 13.1 Å². The minimum absolute atomic E-state index is 0.328. The molecule has 0 aliphatic heterocycles. The van der Waals surface area contributed by atoms with Gasteiger partial charge in [-0.25, -0.2) is 4.79 Å². The molecule has 0 aromatic heterocycles. The van der Waals surface area contributed by atoms with E-state index in [0.29, 0.717) is 5.57 Å². The Morgan fingerprint density at radius 2 is 1.67 bits per heavy atom. The Balaban J connectivity index is -0.000000318. The predicted molar refractivity (Wildman–Crippen MR) is 67.8 cm³/mol. The van der Waals surface area contributed by atoms with Gasteiger partial charge in [0.15, 0.2) is 0 Å². The third-order valence-corrected chi connectivity index (χ3v) is 1.14. The molecule has 0 aromatic rings. The fraction of sp³-hybridized carbons (Fsp3) is 0.462. The van der Waals surface area contributed by atoms with Crippen LogP contribution in [0.4, 0.5) is 0 Å². The highest BCUT2D eigenvalue weighted by molar-refractivity contribution is 5.91. The summed E-state index contributed by atoms with van der Waals surface area (Å²) in [5.41, 5.74) is 0.535. The molecule has 0 heterocycles. The maximum atomic E-state index is 10.9. The zero-order valence-electron chi connectivity index (χ0n) is 10.8. The van der Waals surface area contributed by atoms with Crippen molar-refractivity contribution in [1.29, 1.82) is 0 Å². The lowest BCUT2D eigenvalue weighted by atomic mass is 10.2. The Morgan fingerprint density at radius 3 is 1.93 bits per heavy atom. The zero-order valence-corrected chi connectivity index (χ0v) is 10.8. The number of hydrogen-bond acceptors (Lipinski definition) is 2. The molecule has 0 fully saturated rings. The maximum absolute atomic E-state index is 10.9. The summed E-state index contributed by atoms with van der Waals surface area (Å²) >= 11 is 0. The maximum Gasteiger partial charge on any atom is 0.337 e. The van der Waals surface area contributed by atoms with E-state index in [0.717, 1.165) is 0 Å². The summed E-state index contributed by atoms with van der Waals surface area (Å²) < 4.78 is 4.51. The summed E-state index contributed by atoms with van der Waals surface area (Å²) in [5, 5.41) is 0. The summed E-state index contributed by atoms with van der Waals surface area (Å²) in [7, 11) is 1.35. The smallest absolute Gasteiger partial charge is 0.337 e. The first-order chi connectivity index (χ1) is 7.26. The van der Waals surface area contributed by atoms with E-state index in [-0.39, 0.29) is 5.97 Å². The summed E-state index contributed by atoms with van der Waals surface area (Å²) in [6.07, 6.45) is 6.63. The zero-order chi connectivity index (χ0) is 12.7. The Morgan fingerprint density at radius 1 is 1.20 bits per heavy atom. The van der Waals surface area contributed by atoms with Crippen molar-refractivity contribution >= 4 is 5.97 Å². The van der Waals surface area contributed by atoms with Crippen LogP contribution in [0.3, 0.4) is 0 Å². The van der Waals surface area contributed by atoms with E-state index in [1.807, 2.05) is 27.7 Å². The number of rotatable bonds is 3. The standard InChI is InChI=1S/C9H12O2.2C2H6/c1-4-6-7-8(5-2)9(10)11-3;2*1-2/h4-7H,1H2,2-3H3;2*1-2H3/b7-6-,8-5+;;. The van der Waals surface area contributed by atoms with Gasteiger partial charge in [-0.05, 0) is 13.0 Å². The van der Waals surface area contributed by atoms with Crippen LogP contribution in [0.25, 0.3) is 0 Å². The van der Waals surface area contributed by atoms with Gasteiger partial charge in [0.05, 0.1) is 12.7 Å². The summed E-state index contributed by atoms with van der Waals surface area (Å²) in [6, 6.07) is 0.